The normalized spacial score (nSPS) is 11.1. The lowest BCUT2D eigenvalue weighted by molar-refractivity contribution is 0.796. The summed E-state index contributed by atoms with van der Waals surface area (Å²) < 4.78 is 1.76. The van der Waals surface area contributed by atoms with Crippen molar-refractivity contribution in [2.45, 2.75) is 6.54 Å². The molecule has 0 radical (unpaired) electrons. The summed E-state index contributed by atoms with van der Waals surface area (Å²) in [5.41, 5.74) is 0.180. The van der Waals surface area contributed by atoms with Gasteiger partial charge in [0.25, 0.3) is 5.56 Å². The monoisotopic (exact) mass is 369 g/mol. The van der Waals surface area contributed by atoms with E-state index in [1.54, 1.807) is 22.9 Å². The Morgan fingerprint density at radius 2 is 2.10 bits per heavy atom. The van der Waals surface area contributed by atoms with Gasteiger partial charge in [-0.2, -0.15) is 0 Å². The zero-order chi connectivity index (χ0) is 15.0. The number of imidazole rings is 1. The van der Waals surface area contributed by atoms with Gasteiger partial charge in [0.1, 0.15) is 16.6 Å². The summed E-state index contributed by atoms with van der Waals surface area (Å²) in [6.45, 7) is 0.536. The second-order valence-corrected chi connectivity index (χ2v) is 5.43. The van der Waals surface area contributed by atoms with Crippen molar-refractivity contribution in [2.75, 3.05) is 5.33 Å². The Morgan fingerprint density at radius 1 is 1.29 bits per heavy atom. The van der Waals surface area contributed by atoms with E-state index < -0.39 is 11.2 Å². The van der Waals surface area contributed by atoms with Crippen LogP contribution in [0.4, 0.5) is 0 Å². The first-order valence-electron chi connectivity index (χ1n) is 6.01. The van der Waals surface area contributed by atoms with Crippen LogP contribution in [-0.4, -0.2) is 29.8 Å². The number of alkyl halides is 1. The van der Waals surface area contributed by atoms with Crippen molar-refractivity contribution in [1.82, 2.24) is 24.5 Å². The zero-order valence-corrected chi connectivity index (χ0v) is 12.9. The van der Waals surface area contributed by atoms with E-state index in [4.69, 9.17) is 11.6 Å². The average Bonchev–Trinajstić information content (AvgIpc) is 2.80. The van der Waals surface area contributed by atoms with Gasteiger partial charge in [-0.1, -0.05) is 27.5 Å². The van der Waals surface area contributed by atoms with Crippen molar-refractivity contribution in [2.24, 2.45) is 0 Å². The maximum Gasteiger partial charge on any atom is 0.327 e. The van der Waals surface area contributed by atoms with Gasteiger partial charge in [-0.3, -0.25) is 14.8 Å². The van der Waals surface area contributed by atoms with Crippen molar-refractivity contribution in [3.8, 4) is 11.4 Å². The van der Waals surface area contributed by atoms with Crippen LogP contribution in [0.3, 0.4) is 0 Å². The Balaban J connectivity index is 2.34. The number of hydrogen-bond acceptors (Lipinski definition) is 4. The molecule has 0 amide bonds. The lowest BCUT2D eigenvalue weighted by atomic mass is 10.3. The fourth-order valence-corrected chi connectivity index (χ4v) is 2.54. The number of hydrogen-bond donors (Lipinski definition) is 2. The van der Waals surface area contributed by atoms with Crippen molar-refractivity contribution < 1.29 is 0 Å². The molecule has 3 aromatic heterocycles. The topological polar surface area (TPSA) is 96.4 Å². The SMILES string of the molecule is O=c1[nH]c(=O)c2nc(-c3ccc(Cl)nc3)n(CCBr)c2[nH]1. The predicted molar refractivity (Wildman–Crippen MR) is 83.0 cm³/mol. The number of fused-ring (bicyclic) bond motifs is 1. The molecule has 0 bridgehead atoms. The third-order valence-electron chi connectivity index (χ3n) is 2.94. The van der Waals surface area contributed by atoms with Gasteiger partial charge in [-0.05, 0) is 12.1 Å². The summed E-state index contributed by atoms with van der Waals surface area (Å²) >= 11 is 9.13. The molecule has 0 saturated carbocycles. The Morgan fingerprint density at radius 3 is 2.76 bits per heavy atom. The molecule has 2 N–H and O–H groups in total. The van der Waals surface area contributed by atoms with Crippen molar-refractivity contribution in [3.63, 3.8) is 0 Å². The highest BCUT2D eigenvalue weighted by Crippen LogP contribution is 2.22. The van der Waals surface area contributed by atoms with Crippen LogP contribution in [0, 0.1) is 0 Å². The molecule has 3 aromatic rings. The third-order valence-corrected chi connectivity index (χ3v) is 3.51. The molecule has 3 heterocycles. The van der Waals surface area contributed by atoms with E-state index in [-0.39, 0.29) is 5.52 Å². The highest BCUT2D eigenvalue weighted by molar-refractivity contribution is 9.09. The van der Waals surface area contributed by atoms with Gasteiger partial charge in [0, 0.05) is 23.6 Å². The van der Waals surface area contributed by atoms with Gasteiger partial charge in [-0.25, -0.2) is 14.8 Å². The standard InChI is InChI=1S/C12H9BrClN5O2/c13-3-4-19-9(6-1-2-7(14)15-5-6)16-8-10(19)17-12(21)18-11(8)20/h1-2,5H,3-4H2,(H2,17,18,20,21). The Bertz CT molecular complexity index is 912. The first-order chi connectivity index (χ1) is 10.1. The second-order valence-electron chi connectivity index (χ2n) is 4.25. The van der Waals surface area contributed by atoms with Crippen LogP contribution in [-0.2, 0) is 6.54 Å². The lowest BCUT2D eigenvalue weighted by Gasteiger charge is -2.06. The third kappa shape index (κ3) is 2.52. The van der Waals surface area contributed by atoms with Crippen LogP contribution < -0.4 is 11.2 Å². The van der Waals surface area contributed by atoms with Crippen LogP contribution in [0.1, 0.15) is 0 Å². The van der Waals surface area contributed by atoms with E-state index in [2.05, 4.69) is 35.9 Å². The number of nitrogens with one attached hydrogen (secondary N) is 2. The summed E-state index contributed by atoms with van der Waals surface area (Å²) in [7, 11) is 0. The molecule has 21 heavy (non-hydrogen) atoms. The minimum Gasteiger partial charge on any atom is -0.309 e. The first-order valence-corrected chi connectivity index (χ1v) is 7.51. The highest BCUT2D eigenvalue weighted by Gasteiger charge is 2.16. The van der Waals surface area contributed by atoms with Crippen molar-refractivity contribution >= 4 is 38.7 Å². The summed E-state index contributed by atoms with van der Waals surface area (Å²) in [4.78, 5) is 36.4. The average molecular weight is 371 g/mol. The largest absolute Gasteiger partial charge is 0.327 e. The molecule has 0 unspecified atom stereocenters. The van der Waals surface area contributed by atoms with E-state index in [1.807, 2.05) is 0 Å². The molecular weight excluding hydrogens is 362 g/mol. The van der Waals surface area contributed by atoms with Crippen molar-refractivity contribution in [3.05, 3.63) is 44.3 Å². The number of rotatable bonds is 3. The van der Waals surface area contributed by atoms with Crippen LogP contribution in [0.15, 0.2) is 27.9 Å². The Hall–Kier alpha value is -1.93. The molecule has 0 atom stereocenters. The van der Waals surface area contributed by atoms with Gasteiger partial charge in [0.2, 0.25) is 0 Å². The highest BCUT2D eigenvalue weighted by atomic mass is 79.9. The van der Waals surface area contributed by atoms with Crippen LogP contribution >= 0.6 is 27.5 Å². The first kappa shape index (κ1) is 14.0. The van der Waals surface area contributed by atoms with E-state index in [9.17, 15) is 9.59 Å². The van der Waals surface area contributed by atoms with E-state index >= 15 is 0 Å². The number of aryl methyl sites for hydroxylation is 1. The number of aromatic amines is 2. The summed E-state index contributed by atoms with van der Waals surface area (Å²) in [5, 5.41) is 1.01. The fraction of sp³-hybridized carbons (Fsp3) is 0.167. The minimum atomic E-state index is -0.566. The molecule has 0 aliphatic heterocycles. The number of nitrogens with zero attached hydrogens (tertiary/aromatic N) is 3. The summed E-state index contributed by atoms with van der Waals surface area (Å²) in [6.07, 6.45) is 1.57. The maximum atomic E-state index is 11.9. The molecule has 0 aromatic carbocycles. The van der Waals surface area contributed by atoms with Crippen molar-refractivity contribution in [1.29, 1.82) is 0 Å². The number of H-pyrrole nitrogens is 2. The van der Waals surface area contributed by atoms with Gasteiger partial charge < -0.3 is 4.57 Å². The van der Waals surface area contributed by atoms with Gasteiger partial charge >= 0.3 is 5.69 Å². The Labute approximate surface area is 131 Å². The van der Waals surface area contributed by atoms with E-state index in [0.29, 0.717) is 34.1 Å². The second kappa shape index (κ2) is 5.45. The molecule has 9 heteroatoms. The molecule has 0 aliphatic rings. The molecule has 108 valence electrons. The Kier molecular flexibility index (Phi) is 3.64. The molecule has 0 fully saturated rings. The fourth-order valence-electron chi connectivity index (χ4n) is 2.07. The van der Waals surface area contributed by atoms with Crippen LogP contribution in [0.2, 0.25) is 5.15 Å². The number of halogens is 2. The molecule has 0 aliphatic carbocycles. The summed E-state index contributed by atoms with van der Waals surface area (Å²) in [6, 6.07) is 3.40. The van der Waals surface area contributed by atoms with E-state index in [0.717, 1.165) is 0 Å². The lowest BCUT2D eigenvalue weighted by Crippen LogP contribution is -2.22. The predicted octanol–water partition coefficient (Wildman–Crippen LogP) is 1.52. The van der Waals surface area contributed by atoms with Crippen LogP contribution in [0.5, 0.6) is 0 Å². The zero-order valence-electron chi connectivity index (χ0n) is 10.6. The number of aromatic nitrogens is 5. The summed E-state index contributed by atoms with van der Waals surface area (Å²) in [5.74, 6) is 0.543. The van der Waals surface area contributed by atoms with Gasteiger partial charge in [0.05, 0.1) is 0 Å². The molecule has 0 saturated heterocycles. The van der Waals surface area contributed by atoms with Gasteiger partial charge in [0.15, 0.2) is 5.52 Å². The number of pyridine rings is 1. The van der Waals surface area contributed by atoms with Crippen LogP contribution in [0.25, 0.3) is 22.6 Å². The maximum absolute atomic E-state index is 11.9. The molecule has 0 spiro atoms. The quantitative estimate of drug-likeness (QED) is 0.540. The van der Waals surface area contributed by atoms with E-state index in [1.165, 1.54) is 0 Å². The molecule has 7 nitrogen and oxygen atoms in total. The molecular formula is C12H9BrClN5O2. The van der Waals surface area contributed by atoms with Gasteiger partial charge in [-0.15, -0.1) is 0 Å². The minimum absolute atomic E-state index is 0.181. The molecule has 3 rings (SSSR count). The smallest absolute Gasteiger partial charge is 0.309 e.